The summed E-state index contributed by atoms with van der Waals surface area (Å²) in [4.78, 5) is 29.3. The minimum Gasteiger partial charge on any atom is -0.477 e. The number of carboxylic acids is 1. The normalized spacial score (nSPS) is 27.0. The summed E-state index contributed by atoms with van der Waals surface area (Å²) >= 11 is 4.09. The van der Waals surface area contributed by atoms with E-state index in [0.29, 0.717) is 22.9 Å². The molecule has 0 bridgehead atoms. The summed E-state index contributed by atoms with van der Waals surface area (Å²) in [6.45, 7) is 1.80. The van der Waals surface area contributed by atoms with Crippen LogP contribution in [0.25, 0.3) is 0 Å². The number of nitrogens with two attached hydrogens (primary N) is 1. The van der Waals surface area contributed by atoms with Gasteiger partial charge in [-0.15, -0.1) is 11.8 Å². The summed E-state index contributed by atoms with van der Waals surface area (Å²) in [5.74, 6) is -0.0586. The van der Waals surface area contributed by atoms with Crippen molar-refractivity contribution in [3.63, 3.8) is 0 Å². The van der Waals surface area contributed by atoms with Crippen LogP contribution in [0.2, 0.25) is 0 Å². The molecule has 3 heterocycles. The molecule has 0 saturated carbocycles. The average Bonchev–Trinajstić information content (AvgIpc) is 2.95. The van der Waals surface area contributed by atoms with Gasteiger partial charge in [0.1, 0.15) is 16.9 Å². The molecule has 3 rings (SSSR count). The Morgan fingerprint density at radius 3 is 2.96 bits per heavy atom. The van der Waals surface area contributed by atoms with Crippen LogP contribution in [0.5, 0.6) is 0 Å². The number of carbonyl (C=O) groups excluding carboxylic acids is 1. The summed E-state index contributed by atoms with van der Waals surface area (Å²) in [6.07, 6.45) is 0. The van der Waals surface area contributed by atoms with E-state index in [1.807, 2.05) is 0 Å². The molecular formula is C12H14N4O4S3. The number of carbonyl (C=O) groups is 2. The van der Waals surface area contributed by atoms with Crippen molar-refractivity contribution in [1.29, 1.82) is 0 Å². The maximum absolute atomic E-state index is 12.2. The van der Waals surface area contributed by atoms with E-state index >= 15 is 0 Å². The Labute approximate surface area is 144 Å². The lowest BCUT2D eigenvalue weighted by atomic mass is 10.00. The number of ether oxygens (including phenoxy) is 1. The number of thioether (sulfide) groups is 2. The topological polar surface area (TPSA) is 119 Å². The van der Waals surface area contributed by atoms with Crippen molar-refractivity contribution >= 4 is 46.9 Å². The number of hydrogen-bond donors (Lipinski definition) is 2. The van der Waals surface area contributed by atoms with Gasteiger partial charge < -0.3 is 9.84 Å². The Morgan fingerprint density at radius 2 is 2.39 bits per heavy atom. The first-order valence-electron chi connectivity index (χ1n) is 6.56. The monoisotopic (exact) mass is 374 g/mol. The third-order valence-corrected chi connectivity index (χ3v) is 6.97. The zero-order chi connectivity index (χ0) is 16.8. The number of β-lactam (4-membered cyclic amide) rings is 1. The molecule has 8 nitrogen and oxygen atoms in total. The molecule has 2 aliphatic heterocycles. The lowest BCUT2D eigenvalue weighted by molar-refractivity contribution is -0.182. The van der Waals surface area contributed by atoms with Crippen LogP contribution in [0.3, 0.4) is 0 Å². The van der Waals surface area contributed by atoms with Crippen LogP contribution in [0.15, 0.2) is 15.6 Å². The molecule has 1 fully saturated rings. The fraction of sp³-hybridized carbons (Fsp3) is 0.500. The van der Waals surface area contributed by atoms with Crippen LogP contribution in [-0.2, 0) is 14.3 Å². The molecule has 3 N–H and O–H groups in total. The van der Waals surface area contributed by atoms with E-state index in [4.69, 9.17) is 10.5 Å². The van der Waals surface area contributed by atoms with E-state index in [9.17, 15) is 14.7 Å². The third-order valence-electron chi connectivity index (χ3n) is 3.56. The van der Waals surface area contributed by atoms with E-state index < -0.39 is 23.0 Å². The number of carboxylic acid groups (broad SMARTS) is 1. The molecule has 0 spiro atoms. The van der Waals surface area contributed by atoms with Crippen molar-refractivity contribution in [3.8, 4) is 0 Å². The molecule has 11 heteroatoms. The van der Waals surface area contributed by atoms with E-state index in [1.165, 1.54) is 47.1 Å². The minimum atomic E-state index is -1.44. The van der Waals surface area contributed by atoms with E-state index in [0.717, 1.165) is 4.34 Å². The van der Waals surface area contributed by atoms with Crippen molar-refractivity contribution in [2.45, 2.75) is 22.4 Å². The summed E-state index contributed by atoms with van der Waals surface area (Å²) in [6, 6.07) is 0. The molecule has 2 aliphatic rings. The Balaban J connectivity index is 1.83. The molecule has 0 radical (unpaired) electrons. The highest BCUT2D eigenvalue weighted by Crippen LogP contribution is 2.45. The predicted molar refractivity (Wildman–Crippen MR) is 87.1 cm³/mol. The fourth-order valence-electron chi connectivity index (χ4n) is 2.40. The largest absolute Gasteiger partial charge is 0.477 e. The van der Waals surface area contributed by atoms with Gasteiger partial charge in [-0.2, -0.15) is 4.37 Å². The lowest BCUT2D eigenvalue weighted by Crippen LogP contribution is -2.78. The second kappa shape index (κ2) is 6.06. The zero-order valence-corrected chi connectivity index (χ0v) is 14.8. The SMILES string of the molecule is CO[C@]1(N)C(=O)N2C(C(=O)O)=C(CSc3nc(C)ns3)CSC21. The van der Waals surface area contributed by atoms with Gasteiger partial charge in [0.05, 0.1) is 0 Å². The Kier molecular flexibility index (Phi) is 4.40. The first kappa shape index (κ1) is 16.7. The van der Waals surface area contributed by atoms with E-state index in [-0.39, 0.29) is 5.70 Å². The van der Waals surface area contributed by atoms with Crippen molar-refractivity contribution in [1.82, 2.24) is 14.3 Å². The smallest absolute Gasteiger partial charge is 0.352 e. The van der Waals surface area contributed by atoms with Crippen LogP contribution < -0.4 is 5.73 Å². The van der Waals surface area contributed by atoms with E-state index in [2.05, 4.69) is 9.36 Å². The Bertz CT molecular complexity index is 706. The maximum Gasteiger partial charge on any atom is 0.352 e. The van der Waals surface area contributed by atoms with E-state index in [1.54, 1.807) is 6.92 Å². The Morgan fingerprint density at radius 1 is 1.65 bits per heavy atom. The molecule has 23 heavy (non-hydrogen) atoms. The zero-order valence-electron chi connectivity index (χ0n) is 12.3. The van der Waals surface area contributed by atoms with Crippen LogP contribution in [0.1, 0.15) is 5.82 Å². The molecule has 0 aliphatic carbocycles. The fourth-order valence-corrected chi connectivity index (χ4v) is 5.58. The van der Waals surface area contributed by atoms with Crippen molar-refractivity contribution in [2.75, 3.05) is 18.6 Å². The first-order valence-corrected chi connectivity index (χ1v) is 9.37. The standard InChI is InChI=1S/C12H14N4O4S3/c1-5-14-11(23-15-5)22-4-6-3-21-10-12(13,20-2)9(19)16(10)7(6)8(17)18/h10H,3-4,13H2,1-2H3,(H,17,18)/t10?,12-/m1/s1. The van der Waals surface area contributed by atoms with Crippen molar-refractivity contribution in [2.24, 2.45) is 5.73 Å². The Hall–Kier alpha value is -1.14. The molecule has 1 unspecified atom stereocenters. The third kappa shape index (κ3) is 2.66. The van der Waals surface area contributed by atoms with Gasteiger partial charge in [0.15, 0.2) is 4.34 Å². The quantitative estimate of drug-likeness (QED) is 0.431. The molecule has 0 aromatic carbocycles. The number of nitrogens with zero attached hydrogens (tertiary/aromatic N) is 3. The number of methoxy groups -OCH3 is 1. The molecule has 1 aromatic heterocycles. The highest BCUT2D eigenvalue weighted by atomic mass is 32.2. The van der Waals surface area contributed by atoms with Crippen molar-refractivity contribution < 1.29 is 19.4 Å². The first-order chi connectivity index (χ1) is 10.9. The maximum atomic E-state index is 12.2. The number of amides is 1. The highest BCUT2D eigenvalue weighted by Gasteiger charge is 2.63. The number of fused-ring (bicyclic) bond motifs is 1. The number of hydrogen-bond acceptors (Lipinski definition) is 9. The number of aromatic nitrogens is 2. The summed E-state index contributed by atoms with van der Waals surface area (Å²) in [5, 5.41) is 9.00. The number of aliphatic carboxylic acids is 1. The van der Waals surface area contributed by atoms with Crippen LogP contribution in [0.4, 0.5) is 0 Å². The summed E-state index contributed by atoms with van der Waals surface area (Å²) in [7, 11) is 1.35. The van der Waals surface area contributed by atoms with Gasteiger partial charge in [0.25, 0.3) is 5.91 Å². The second-order valence-corrected chi connectivity index (χ2v) is 8.03. The summed E-state index contributed by atoms with van der Waals surface area (Å²) < 4.78 is 9.94. The lowest BCUT2D eigenvalue weighted by Gasteiger charge is -2.54. The molecule has 124 valence electrons. The molecule has 1 aromatic rings. The molecule has 1 amide bonds. The predicted octanol–water partition coefficient (Wildman–Crippen LogP) is 0.494. The molecule has 2 atom stereocenters. The second-order valence-electron chi connectivity index (χ2n) is 4.99. The minimum absolute atomic E-state index is 0.00520. The van der Waals surface area contributed by atoms with Gasteiger partial charge in [-0.25, -0.2) is 9.78 Å². The highest BCUT2D eigenvalue weighted by molar-refractivity contribution is 8.01. The van der Waals surface area contributed by atoms with Crippen LogP contribution in [-0.4, -0.2) is 61.0 Å². The van der Waals surface area contributed by atoms with Gasteiger partial charge in [-0.1, -0.05) is 11.8 Å². The average molecular weight is 374 g/mol. The summed E-state index contributed by atoms with van der Waals surface area (Å²) in [5.41, 5.74) is 5.13. The van der Waals surface area contributed by atoms with Gasteiger partial charge in [-0.3, -0.25) is 15.4 Å². The van der Waals surface area contributed by atoms with Gasteiger partial charge in [0, 0.05) is 18.6 Å². The van der Waals surface area contributed by atoms with Gasteiger partial charge in [-0.05, 0) is 24.0 Å². The van der Waals surface area contributed by atoms with Crippen LogP contribution in [0, 0.1) is 6.92 Å². The van der Waals surface area contributed by atoms with Crippen LogP contribution >= 0.6 is 35.1 Å². The van der Waals surface area contributed by atoms with Crippen molar-refractivity contribution in [3.05, 3.63) is 17.1 Å². The number of aryl methyl sites for hydroxylation is 1. The molecular weight excluding hydrogens is 360 g/mol. The molecule has 1 saturated heterocycles. The number of rotatable bonds is 5. The van der Waals surface area contributed by atoms with Gasteiger partial charge >= 0.3 is 5.97 Å². The van der Waals surface area contributed by atoms with Gasteiger partial charge in [0.2, 0.25) is 5.72 Å².